The van der Waals surface area contributed by atoms with Gasteiger partial charge in [0.1, 0.15) is 5.76 Å². The summed E-state index contributed by atoms with van der Waals surface area (Å²) in [6, 6.07) is 1.98. The van der Waals surface area contributed by atoms with Gasteiger partial charge in [-0.1, -0.05) is 25.9 Å². The van der Waals surface area contributed by atoms with E-state index in [9.17, 15) is 4.79 Å². The van der Waals surface area contributed by atoms with E-state index in [-0.39, 0.29) is 23.5 Å². The number of amides is 1. The molecule has 0 spiro atoms. The summed E-state index contributed by atoms with van der Waals surface area (Å²) in [5.41, 5.74) is 0.245. The number of rotatable bonds is 3. The molecule has 1 aliphatic rings. The Labute approximate surface area is 113 Å². The Hall–Kier alpha value is -1.36. The number of ether oxygens (including phenoxy) is 1. The van der Waals surface area contributed by atoms with Crippen LogP contribution in [-0.2, 0) is 10.2 Å². The molecule has 5 heteroatoms. The minimum Gasteiger partial charge on any atom is -0.381 e. The molecule has 19 heavy (non-hydrogen) atoms. The molecule has 106 valence electrons. The smallest absolute Gasteiger partial charge is 0.276 e. The van der Waals surface area contributed by atoms with E-state index in [1.54, 1.807) is 18.1 Å². The van der Waals surface area contributed by atoms with Crippen molar-refractivity contribution in [3.05, 3.63) is 17.5 Å². The first-order chi connectivity index (χ1) is 8.82. The molecule has 0 atom stereocenters. The van der Waals surface area contributed by atoms with Crippen LogP contribution in [0.3, 0.4) is 0 Å². The zero-order chi connectivity index (χ0) is 14.2. The lowest BCUT2D eigenvalue weighted by Crippen LogP contribution is -2.48. The Balaban J connectivity index is 2.02. The normalized spacial score (nSPS) is 23.0. The summed E-state index contributed by atoms with van der Waals surface area (Å²) in [7, 11) is 3.51. The van der Waals surface area contributed by atoms with E-state index in [2.05, 4.69) is 5.16 Å². The Morgan fingerprint density at radius 3 is 2.58 bits per heavy atom. The van der Waals surface area contributed by atoms with E-state index in [4.69, 9.17) is 9.26 Å². The molecular weight excluding hydrogens is 244 g/mol. The molecule has 0 unspecified atom stereocenters. The lowest BCUT2D eigenvalue weighted by molar-refractivity contribution is -0.0147. The number of hydrogen-bond acceptors (Lipinski definition) is 4. The van der Waals surface area contributed by atoms with E-state index in [1.165, 1.54) is 0 Å². The number of aromatic nitrogens is 1. The summed E-state index contributed by atoms with van der Waals surface area (Å²) >= 11 is 0. The zero-order valence-corrected chi connectivity index (χ0v) is 12.3. The highest BCUT2D eigenvalue weighted by molar-refractivity contribution is 5.92. The highest BCUT2D eigenvalue weighted by Gasteiger charge is 2.35. The molecule has 1 heterocycles. The molecule has 0 aliphatic heterocycles. The minimum absolute atomic E-state index is 0.0844. The predicted octanol–water partition coefficient (Wildman–Crippen LogP) is 2.22. The topological polar surface area (TPSA) is 55.6 Å². The largest absolute Gasteiger partial charge is 0.381 e. The predicted molar refractivity (Wildman–Crippen MR) is 71.1 cm³/mol. The van der Waals surface area contributed by atoms with Crippen molar-refractivity contribution in [1.82, 2.24) is 10.1 Å². The second kappa shape index (κ2) is 4.96. The molecule has 1 aromatic heterocycles. The average Bonchev–Trinajstić information content (AvgIpc) is 2.75. The second-order valence-corrected chi connectivity index (χ2v) is 6.23. The second-order valence-electron chi connectivity index (χ2n) is 6.23. The first-order valence-electron chi connectivity index (χ1n) is 6.60. The van der Waals surface area contributed by atoms with Gasteiger partial charge in [-0.15, -0.1) is 0 Å². The van der Waals surface area contributed by atoms with Gasteiger partial charge in [-0.05, 0) is 12.8 Å². The van der Waals surface area contributed by atoms with Gasteiger partial charge in [0.2, 0.25) is 0 Å². The molecule has 1 aliphatic carbocycles. The number of nitrogens with zero attached hydrogens (tertiary/aromatic N) is 2. The van der Waals surface area contributed by atoms with Crippen LogP contribution in [0.15, 0.2) is 10.6 Å². The molecule has 0 bridgehead atoms. The molecule has 1 amide bonds. The summed E-state index contributed by atoms with van der Waals surface area (Å²) in [4.78, 5) is 14.0. The summed E-state index contributed by atoms with van der Waals surface area (Å²) in [5, 5.41) is 3.89. The maximum absolute atomic E-state index is 12.3. The fraction of sp³-hybridized carbons (Fsp3) is 0.714. The average molecular weight is 266 g/mol. The Bertz CT molecular complexity index is 456. The van der Waals surface area contributed by atoms with Crippen LogP contribution in [-0.4, -0.2) is 42.3 Å². The minimum atomic E-state index is -0.137. The summed E-state index contributed by atoms with van der Waals surface area (Å²) in [6.45, 7) is 6.09. The van der Waals surface area contributed by atoms with Crippen molar-refractivity contribution in [3.8, 4) is 0 Å². The third-order valence-electron chi connectivity index (χ3n) is 3.74. The fourth-order valence-electron chi connectivity index (χ4n) is 2.12. The molecule has 1 saturated carbocycles. The van der Waals surface area contributed by atoms with E-state index in [0.717, 1.165) is 18.6 Å². The van der Waals surface area contributed by atoms with Crippen LogP contribution in [0.2, 0.25) is 0 Å². The molecule has 0 aromatic carbocycles. The third-order valence-corrected chi connectivity index (χ3v) is 3.74. The molecule has 0 saturated heterocycles. The van der Waals surface area contributed by atoms with Crippen LogP contribution in [0.25, 0.3) is 0 Å². The lowest BCUT2D eigenvalue weighted by Gasteiger charge is -2.39. The van der Waals surface area contributed by atoms with Crippen molar-refractivity contribution in [1.29, 1.82) is 0 Å². The molecule has 0 radical (unpaired) electrons. The summed E-state index contributed by atoms with van der Waals surface area (Å²) in [6.07, 6.45) is 2.06. The maximum atomic E-state index is 12.3. The van der Waals surface area contributed by atoms with Gasteiger partial charge in [-0.25, -0.2) is 0 Å². The van der Waals surface area contributed by atoms with Gasteiger partial charge in [0.15, 0.2) is 5.69 Å². The Morgan fingerprint density at radius 1 is 1.47 bits per heavy atom. The van der Waals surface area contributed by atoms with Crippen LogP contribution >= 0.6 is 0 Å². The van der Waals surface area contributed by atoms with Crippen LogP contribution in [0.4, 0.5) is 0 Å². The molecule has 0 N–H and O–H groups in total. The maximum Gasteiger partial charge on any atom is 0.276 e. The van der Waals surface area contributed by atoms with Crippen LogP contribution < -0.4 is 0 Å². The van der Waals surface area contributed by atoms with Crippen LogP contribution in [0.1, 0.15) is 49.9 Å². The number of carbonyl (C=O) groups excluding carboxylic acids is 1. The monoisotopic (exact) mass is 266 g/mol. The van der Waals surface area contributed by atoms with Crippen molar-refractivity contribution in [3.63, 3.8) is 0 Å². The summed E-state index contributed by atoms with van der Waals surface area (Å²) < 4.78 is 10.5. The molecule has 2 rings (SSSR count). The van der Waals surface area contributed by atoms with Gasteiger partial charge in [0.05, 0.1) is 6.10 Å². The van der Waals surface area contributed by atoms with Gasteiger partial charge < -0.3 is 14.2 Å². The lowest BCUT2D eigenvalue weighted by atomic mass is 9.88. The van der Waals surface area contributed by atoms with Gasteiger partial charge in [-0.2, -0.15) is 0 Å². The van der Waals surface area contributed by atoms with Gasteiger partial charge in [0, 0.05) is 31.7 Å². The Kier molecular flexibility index (Phi) is 3.67. The highest BCUT2D eigenvalue weighted by atomic mass is 16.5. The molecular formula is C14H22N2O3. The molecule has 1 aromatic rings. The third kappa shape index (κ3) is 2.81. The number of carbonyl (C=O) groups is 1. The molecule has 1 fully saturated rings. The van der Waals surface area contributed by atoms with Crippen LogP contribution in [0, 0.1) is 0 Å². The van der Waals surface area contributed by atoms with E-state index < -0.39 is 0 Å². The van der Waals surface area contributed by atoms with Crippen molar-refractivity contribution < 1.29 is 14.1 Å². The molecule has 5 nitrogen and oxygen atoms in total. The Morgan fingerprint density at radius 2 is 2.11 bits per heavy atom. The van der Waals surface area contributed by atoms with E-state index >= 15 is 0 Å². The van der Waals surface area contributed by atoms with Crippen molar-refractivity contribution in [2.24, 2.45) is 0 Å². The van der Waals surface area contributed by atoms with E-state index in [1.807, 2.05) is 27.8 Å². The van der Waals surface area contributed by atoms with Crippen molar-refractivity contribution in [2.45, 2.75) is 51.2 Å². The van der Waals surface area contributed by atoms with Crippen LogP contribution in [0.5, 0.6) is 0 Å². The van der Waals surface area contributed by atoms with E-state index in [0.29, 0.717) is 5.69 Å². The van der Waals surface area contributed by atoms with Crippen molar-refractivity contribution in [2.75, 3.05) is 14.2 Å². The van der Waals surface area contributed by atoms with Gasteiger partial charge in [-0.3, -0.25) is 4.79 Å². The van der Waals surface area contributed by atoms with Gasteiger partial charge >= 0.3 is 0 Å². The SMILES string of the molecule is COC1CC(N(C)C(=O)c2cc(C(C)(C)C)on2)C1. The number of methoxy groups -OCH3 is 1. The quantitative estimate of drug-likeness (QED) is 0.841. The van der Waals surface area contributed by atoms with Crippen molar-refractivity contribution >= 4 is 5.91 Å². The first kappa shape index (κ1) is 14.1. The summed E-state index contributed by atoms with van der Waals surface area (Å²) in [5.74, 6) is 0.645. The standard InChI is InChI=1S/C14H22N2O3/c1-14(2,3)12-8-11(15-19-12)13(17)16(4)9-6-10(7-9)18-5/h8-10H,6-7H2,1-5H3. The van der Waals surface area contributed by atoms with Gasteiger partial charge in [0.25, 0.3) is 5.91 Å². The number of hydrogen-bond donors (Lipinski definition) is 0. The highest BCUT2D eigenvalue weighted by Crippen LogP contribution is 2.28. The fourth-order valence-corrected chi connectivity index (χ4v) is 2.12. The first-order valence-corrected chi connectivity index (χ1v) is 6.60. The zero-order valence-electron chi connectivity index (χ0n) is 12.3.